The van der Waals surface area contributed by atoms with Gasteiger partial charge in [-0.2, -0.15) is 10.1 Å². The molecular formula is C23H34N2O6. The summed E-state index contributed by atoms with van der Waals surface area (Å²) in [5.41, 5.74) is 0.326. The maximum atomic E-state index is 11.6. The lowest BCUT2D eigenvalue weighted by Crippen LogP contribution is -2.26. The van der Waals surface area contributed by atoms with E-state index in [-0.39, 0.29) is 5.82 Å². The fraction of sp³-hybridized carbons (Fsp3) is 0.522. The van der Waals surface area contributed by atoms with Crippen LogP contribution < -0.4 is 0 Å². The Morgan fingerprint density at radius 3 is 1.97 bits per heavy atom. The zero-order valence-corrected chi connectivity index (χ0v) is 19.1. The summed E-state index contributed by atoms with van der Waals surface area (Å²) in [5, 5.41) is 10.8. The Morgan fingerprint density at radius 2 is 1.55 bits per heavy atom. The number of nitrogens with zero attached hydrogens (tertiary/aromatic N) is 2. The third kappa shape index (κ3) is 7.18. The molecule has 1 unspecified atom stereocenters. The van der Waals surface area contributed by atoms with Crippen molar-refractivity contribution in [3.8, 4) is 0 Å². The summed E-state index contributed by atoms with van der Waals surface area (Å²) in [6.07, 6.45) is 7.81. The molecule has 0 aliphatic carbocycles. The number of aliphatic carboxylic acids is 1. The molecule has 1 heterocycles. The molecule has 1 aliphatic rings. The Hall–Kier alpha value is -2.71. The first-order valence-electron chi connectivity index (χ1n) is 10.5. The highest BCUT2D eigenvalue weighted by Crippen LogP contribution is 2.28. The lowest BCUT2D eigenvalue weighted by atomic mass is 9.82. The molecule has 2 amide bonds. The summed E-state index contributed by atoms with van der Waals surface area (Å²) in [4.78, 5) is 43.9. The zero-order valence-electron chi connectivity index (χ0n) is 19.1. The molecule has 172 valence electrons. The van der Waals surface area contributed by atoms with E-state index >= 15 is 0 Å². The molecule has 0 aromatic heterocycles. The Kier molecular flexibility index (Phi) is 10.9. The highest BCUT2D eigenvalue weighted by Gasteiger charge is 2.43. The normalized spacial score (nSPS) is 15.5. The number of carboxylic acids is 1. The van der Waals surface area contributed by atoms with Gasteiger partial charge >= 0.3 is 17.8 Å². The Labute approximate surface area is 184 Å². The van der Waals surface area contributed by atoms with Gasteiger partial charge in [-0.05, 0) is 31.4 Å². The number of hydrogen-bond donors (Lipinski definition) is 1. The number of amides is 2. The maximum Gasteiger partial charge on any atom is 0.344 e. The van der Waals surface area contributed by atoms with E-state index in [0.29, 0.717) is 0 Å². The average Bonchev–Trinajstić information content (AvgIpc) is 3.00. The maximum absolute atomic E-state index is 11.6. The first-order valence-corrected chi connectivity index (χ1v) is 10.5. The van der Waals surface area contributed by atoms with Crippen LogP contribution >= 0.6 is 0 Å². The highest BCUT2D eigenvalue weighted by atomic mass is 16.7. The molecule has 2 rings (SSSR count). The highest BCUT2D eigenvalue weighted by molar-refractivity contribution is 6.37. The van der Waals surface area contributed by atoms with Crippen LogP contribution in [0.3, 0.4) is 0 Å². The number of carbonyl (C=O) groups excluding carboxylic acids is 2. The van der Waals surface area contributed by atoms with Crippen molar-refractivity contribution in [3.63, 3.8) is 0 Å². The van der Waals surface area contributed by atoms with E-state index in [2.05, 4.69) is 6.92 Å². The summed E-state index contributed by atoms with van der Waals surface area (Å²) in [5.74, 6) is -2.00. The van der Waals surface area contributed by atoms with E-state index in [1.165, 1.54) is 33.5 Å². The van der Waals surface area contributed by atoms with Gasteiger partial charge in [-0.15, -0.1) is 0 Å². The molecule has 1 aromatic carbocycles. The van der Waals surface area contributed by atoms with Crippen molar-refractivity contribution in [2.75, 3.05) is 14.2 Å². The zero-order chi connectivity index (χ0) is 23.4. The molecule has 0 saturated carbocycles. The predicted octanol–water partition coefficient (Wildman–Crippen LogP) is 4.24. The van der Waals surface area contributed by atoms with Crippen LogP contribution in [0.25, 0.3) is 6.08 Å². The van der Waals surface area contributed by atoms with Crippen molar-refractivity contribution < 1.29 is 29.2 Å². The van der Waals surface area contributed by atoms with Crippen LogP contribution in [0, 0.1) is 5.41 Å². The summed E-state index contributed by atoms with van der Waals surface area (Å²) in [6, 6.07) is 9.23. The minimum absolute atomic E-state index is 0.223. The first kappa shape index (κ1) is 26.3. The summed E-state index contributed by atoms with van der Waals surface area (Å²) >= 11 is 0. The topological polar surface area (TPSA) is 96.4 Å². The molecule has 1 aliphatic heterocycles. The Bertz CT molecular complexity index is 741. The molecule has 0 bridgehead atoms. The molecule has 1 fully saturated rings. The smallest absolute Gasteiger partial charge is 0.344 e. The molecule has 1 saturated heterocycles. The van der Waals surface area contributed by atoms with E-state index in [1.807, 2.05) is 44.2 Å². The van der Waals surface area contributed by atoms with Gasteiger partial charge in [0.15, 0.2) is 5.82 Å². The molecule has 1 aromatic rings. The second kappa shape index (κ2) is 12.9. The predicted molar refractivity (Wildman–Crippen MR) is 117 cm³/mol. The van der Waals surface area contributed by atoms with Crippen LogP contribution in [0.1, 0.15) is 64.9 Å². The largest absolute Gasteiger partial charge is 0.481 e. The number of benzene rings is 1. The van der Waals surface area contributed by atoms with Crippen molar-refractivity contribution in [1.29, 1.82) is 0 Å². The lowest BCUT2D eigenvalue weighted by Gasteiger charge is -2.22. The van der Waals surface area contributed by atoms with Crippen molar-refractivity contribution in [3.05, 3.63) is 41.7 Å². The third-order valence-electron chi connectivity index (χ3n) is 5.31. The molecule has 0 radical (unpaired) electrons. The number of rotatable bonds is 10. The fourth-order valence-electron chi connectivity index (χ4n) is 3.01. The Balaban J connectivity index is 0.000000330. The number of carboxylic acid groups (broad SMARTS) is 1. The monoisotopic (exact) mass is 434 g/mol. The molecular weight excluding hydrogens is 400 g/mol. The quantitative estimate of drug-likeness (QED) is 0.437. The second-order valence-corrected chi connectivity index (χ2v) is 7.51. The van der Waals surface area contributed by atoms with E-state index in [4.69, 9.17) is 14.8 Å². The second-order valence-electron chi connectivity index (χ2n) is 7.51. The van der Waals surface area contributed by atoms with Crippen molar-refractivity contribution in [2.45, 2.75) is 59.3 Å². The van der Waals surface area contributed by atoms with Crippen LogP contribution in [-0.4, -0.2) is 47.2 Å². The minimum atomic E-state index is -0.790. The third-order valence-corrected chi connectivity index (χ3v) is 5.31. The number of unbranched alkanes of at least 4 members (excludes halogenated alkanes) is 3. The van der Waals surface area contributed by atoms with Gasteiger partial charge in [0.25, 0.3) is 0 Å². The van der Waals surface area contributed by atoms with Gasteiger partial charge in [-0.25, -0.2) is 0 Å². The number of carbonyl (C=O) groups is 3. The number of hydrogen-bond acceptors (Lipinski definition) is 5. The van der Waals surface area contributed by atoms with Crippen LogP contribution in [0.15, 0.2) is 36.2 Å². The van der Waals surface area contributed by atoms with Gasteiger partial charge in [0, 0.05) is 0 Å². The first-order chi connectivity index (χ1) is 14.7. The Morgan fingerprint density at radius 1 is 1.00 bits per heavy atom. The van der Waals surface area contributed by atoms with Crippen molar-refractivity contribution in [1.82, 2.24) is 10.1 Å². The fourth-order valence-corrected chi connectivity index (χ4v) is 3.01. The molecule has 31 heavy (non-hydrogen) atoms. The van der Waals surface area contributed by atoms with Crippen LogP contribution in [0.5, 0.6) is 0 Å². The molecule has 1 N–H and O–H groups in total. The van der Waals surface area contributed by atoms with Crippen LogP contribution in [-0.2, 0) is 24.1 Å². The van der Waals surface area contributed by atoms with Gasteiger partial charge < -0.3 is 5.11 Å². The summed E-state index contributed by atoms with van der Waals surface area (Å²) in [6.45, 7) is 5.96. The van der Waals surface area contributed by atoms with E-state index in [0.717, 1.165) is 35.0 Å². The van der Waals surface area contributed by atoms with Gasteiger partial charge in [0.05, 0.1) is 19.6 Å². The molecule has 0 spiro atoms. The van der Waals surface area contributed by atoms with Gasteiger partial charge in [0.2, 0.25) is 0 Å². The van der Waals surface area contributed by atoms with Gasteiger partial charge in [-0.1, -0.05) is 69.9 Å². The van der Waals surface area contributed by atoms with Crippen molar-refractivity contribution >= 4 is 23.9 Å². The average molecular weight is 435 g/mol. The molecule has 1 atom stereocenters. The van der Waals surface area contributed by atoms with E-state index in [1.54, 1.807) is 6.08 Å². The van der Waals surface area contributed by atoms with E-state index in [9.17, 15) is 14.4 Å². The summed E-state index contributed by atoms with van der Waals surface area (Å²) < 4.78 is 0. The molecule has 8 nitrogen and oxygen atoms in total. The van der Waals surface area contributed by atoms with Gasteiger partial charge in [-0.3, -0.25) is 24.1 Å². The number of hydroxylamine groups is 4. The standard InChI is InChI=1S/C12H12N2O4.C11H22O2/c1-17-13-10(8-9-6-4-3-5-7-9)14(18-2)12(16)11(13)15;1-4-6-7-8-9-11(3,5-2)10(12)13/h3-8H,1-2H3;4-9H2,1-3H3,(H,12,13). The van der Waals surface area contributed by atoms with Gasteiger partial charge in [0.1, 0.15) is 0 Å². The molecule has 8 heteroatoms. The van der Waals surface area contributed by atoms with Crippen LogP contribution in [0.2, 0.25) is 0 Å². The van der Waals surface area contributed by atoms with E-state index < -0.39 is 23.2 Å². The SMILES string of the molecule is CCCCCCC(C)(CC)C(=O)O.CON1C(=O)C(=O)N(OC)C1=Cc1ccccc1. The van der Waals surface area contributed by atoms with Crippen molar-refractivity contribution in [2.24, 2.45) is 5.41 Å². The minimum Gasteiger partial charge on any atom is -0.481 e. The summed E-state index contributed by atoms with van der Waals surface area (Å²) in [7, 11) is 2.62. The lowest BCUT2D eigenvalue weighted by molar-refractivity contribution is -0.164. The van der Waals surface area contributed by atoms with Crippen LogP contribution in [0.4, 0.5) is 0 Å².